The summed E-state index contributed by atoms with van der Waals surface area (Å²) in [7, 11) is 0. The van der Waals surface area contributed by atoms with E-state index in [4.69, 9.17) is 5.73 Å². The normalized spacial score (nSPS) is 17.3. The monoisotopic (exact) mass is 317 g/mol. The Morgan fingerprint density at radius 1 is 1.35 bits per heavy atom. The first-order valence-corrected chi connectivity index (χ1v) is 8.75. The van der Waals surface area contributed by atoms with Gasteiger partial charge in [0.2, 0.25) is 0 Å². The Kier molecular flexibility index (Phi) is 5.82. The molecule has 1 aliphatic rings. The first-order chi connectivity index (χ1) is 10.9. The second-order valence-electron chi connectivity index (χ2n) is 7.20. The first-order valence-electron chi connectivity index (χ1n) is 8.75. The van der Waals surface area contributed by atoms with Crippen molar-refractivity contribution in [2.24, 2.45) is 11.7 Å². The van der Waals surface area contributed by atoms with E-state index in [1.165, 1.54) is 5.56 Å². The van der Waals surface area contributed by atoms with Crippen molar-refractivity contribution >= 4 is 5.91 Å². The minimum atomic E-state index is -0.271. The van der Waals surface area contributed by atoms with Crippen LogP contribution in [0, 0.1) is 5.92 Å². The topological polar surface area (TPSA) is 58.4 Å². The van der Waals surface area contributed by atoms with Crippen molar-refractivity contribution in [3.05, 3.63) is 35.4 Å². The summed E-state index contributed by atoms with van der Waals surface area (Å²) >= 11 is 0. The van der Waals surface area contributed by atoms with Crippen molar-refractivity contribution in [3.63, 3.8) is 0 Å². The summed E-state index contributed by atoms with van der Waals surface area (Å²) in [5, 5.41) is 3.14. The Hall–Kier alpha value is -1.39. The predicted molar refractivity (Wildman–Crippen MR) is 95.3 cm³/mol. The Labute approximate surface area is 140 Å². The first kappa shape index (κ1) is 18.0. The van der Waals surface area contributed by atoms with Gasteiger partial charge in [0.05, 0.1) is 5.54 Å². The lowest BCUT2D eigenvalue weighted by Crippen LogP contribution is -2.53. The summed E-state index contributed by atoms with van der Waals surface area (Å²) < 4.78 is 0. The number of hydrogen-bond donors (Lipinski definition) is 2. The highest BCUT2D eigenvalue weighted by molar-refractivity contribution is 5.94. The van der Waals surface area contributed by atoms with Crippen LogP contribution >= 0.6 is 0 Å². The minimum absolute atomic E-state index is 0.0207. The molecule has 1 aromatic carbocycles. The summed E-state index contributed by atoms with van der Waals surface area (Å²) in [4.78, 5) is 14.9. The third kappa shape index (κ3) is 4.55. The van der Waals surface area contributed by atoms with Gasteiger partial charge in [0, 0.05) is 24.7 Å². The maximum absolute atomic E-state index is 12.5. The molecular formula is C19H31N3O. The van der Waals surface area contributed by atoms with E-state index < -0.39 is 0 Å². The van der Waals surface area contributed by atoms with Gasteiger partial charge >= 0.3 is 0 Å². The predicted octanol–water partition coefficient (Wildman–Crippen LogP) is 2.77. The molecule has 4 heteroatoms. The molecular weight excluding hydrogens is 286 g/mol. The Bertz CT molecular complexity index is 522. The number of hydrogen-bond acceptors (Lipinski definition) is 3. The zero-order valence-electron chi connectivity index (χ0n) is 14.9. The molecule has 128 valence electrons. The van der Waals surface area contributed by atoms with Crippen LogP contribution in [0.3, 0.4) is 0 Å². The van der Waals surface area contributed by atoms with E-state index in [0.29, 0.717) is 24.1 Å². The maximum Gasteiger partial charge on any atom is 0.251 e. The number of rotatable bonds is 8. The number of amides is 1. The Morgan fingerprint density at radius 2 is 1.96 bits per heavy atom. The highest BCUT2D eigenvalue weighted by atomic mass is 16.1. The van der Waals surface area contributed by atoms with E-state index in [1.54, 1.807) is 0 Å². The number of nitrogens with two attached hydrogens (primary N) is 1. The van der Waals surface area contributed by atoms with E-state index in [1.807, 2.05) is 12.1 Å². The average molecular weight is 317 g/mol. The smallest absolute Gasteiger partial charge is 0.251 e. The SMILES string of the molecule is CCN(Cc1ccc(C(=O)NC(C)(CN)C2CC2)cc1)C(C)C. The van der Waals surface area contributed by atoms with Crippen molar-refractivity contribution in [1.29, 1.82) is 0 Å². The molecule has 1 saturated carbocycles. The lowest BCUT2D eigenvalue weighted by molar-refractivity contribution is 0.0898. The van der Waals surface area contributed by atoms with Crippen molar-refractivity contribution in [1.82, 2.24) is 10.2 Å². The van der Waals surface area contributed by atoms with E-state index in [9.17, 15) is 4.79 Å². The fourth-order valence-electron chi connectivity index (χ4n) is 3.03. The zero-order valence-corrected chi connectivity index (χ0v) is 14.9. The molecule has 0 bridgehead atoms. The van der Waals surface area contributed by atoms with Gasteiger partial charge in [-0.3, -0.25) is 9.69 Å². The van der Waals surface area contributed by atoms with E-state index in [-0.39, 0.29) is 11.4 Å². The van der Waals surface area contributed by atoms with Crippen molar-refractivity contribution < 1.29 is 4.79 Å². The molecule has 0 spiro atoms. The van der Waals surface area contributed by atoms with E-state index in [2.05, 4.69) is 50.0 Å². The van der Waals surface area contributed by atoms with Gasteiger partial charge in [0.25, 0.3) is 5.91 Å². The van der Waals surface area contributed by atoms with Crippen molar-refractivity contribution in [3.8, 4) is 0 Å². The van der Waals surface area contributed by atoms with Gasteiger partial charge in [-0.1, -0.05) is 19.1 Å². The molecule has 1 aliphatic carbocycles. The lowest BCUT2D eigenvalue weighted by Gasteiger charge is -2.29. The van der Waals surface area contributed by atoms with Crippen LogP contribution in [0.2, 0.25) is 0 Å². The highest BCUT2D eigenvalue weighted by Crippen LogP contribution is 2.39. The molecule has 1 unspecified atom stereocenters. The maximum atomic E-state index is 12.5. The van der Waals surface area contributed by atoms with Crippen LogP contribution in [0.4, 0.5) is 0 Å². The highest BCUT2D eigenvalue weighted by Gasteiger charge is 2.41. The van der Waals surface area contributed by atoms with Gasteiger partial charge in [-0.05, 0) is 63.8 Å². The lowest BCUT2D eigenvalue weighted by atomic mass is 9.95. The second kappa shape index (κ2) is 7.45. The molecule has 0 aromatic heterocycles. The number of carbonyl (C=O) groups excluding carboxylic acids is 1. The largest absolute Gasteiger partial charge is 0.345 e. The van der Waals surface area contributed by atoms with Gasteiger partial charge in [0.15, 0.2) is 0 Å². The van der Waals surface area contributed by atoms with E-state index in [0.717, 1.165) is 25.9 Å². The van der Waals surface area contributed by atoms with Crippen LogP contribution in [0.1, 0.15) is 56.5 Å². The molecule has 0 aliphatic heterocycles. The summed E-state index contributed by atoms with van der Waals surface area (Å²) in [6, 6.07) is 8.46. The number of nitrogens with one attached hydrogen (secondary N) is 1. The Morgan fingerprint density at radius 3 is 2.39 bits per heavy atom. The van der Waals surface area contributed by atoms with Gasteiger partial charge in [-0.25, -0.2) is 0 Å². The third-order valence-corrected chi connectivity index (χ3v) is 5.04. The fraction of sp³-hybridized carbons (Fsp3) is 0.632. The number of carbonyl (C=O) groups is 1. The second-order valence-corrected chi connectivity index (χ2v) is 7.20. The van der Waals surface area contributed by atoms with Gasteiger partial charge < -0.3 is 11.1 Å². The van der Waals surface area contributed by atoms with Crippen LogP contribution < -0.4 is 11.1 Å². The van der Waals surface area contributed by atoms with E-state index >= 15 is 0 Å². The standard InChI is InChI=1S/C19H31N3O/c1-5-22(14(2)3)12-15-6-8-16(9-7-15)18(23)21-19(4,13-20)17-10-11-17/h6-9,14,17H,5,10-13,20H2,1-4H3,(H,21,23). The molecule has 3 N–H and O–H groups in total. The molecule has 1 aromatic rings. The van der Waals surface area contributed by atoms with Gasteiger partial charge in [-0.15, -0.1) is 0 Å². The molecule has 1 atom stereocenters. The van der Waals surface area contributed by atoms with Crippen LogP contribution in [-0.4, -0.2) is 35.5 Å². The van der Waals surface area contributed by atoms with Crippen molar-refractivity contribution in [2.75, 3.05) is 13.1 Å². The summed E-state index contributed by atoms with van der Waals surface area (Å²) in [6.45, 7) is 11.1. The van der Waals surface area contributed by atoms with Crippen LogP contribution in [0.25, 0.3) is 0 Å². The summed E-state index contributed by atoms with van der Waals surface area (Å²) in [5.41, 5.74) is 7.55. The minimum Gasteiger partial charge on any atom is -0.345 e. The van der Waals surface area contributed by atoms with Crippen LogP contribution in [0.15, 0.2) is 24.3 Å². The number of benzene rings is 1. The molecule has 1 fully saturated rings. The molecule has 2 rings (SSSR count). The van der Waals surface area contributed by atoms with Crippen LogP contribution in [-0.2, 0) is 6.54 Å². The average Bonchev–Trinajstić information content (AvgIpc) is 3.38. The van der Waals surface area contributed by atoms with Gasteiger partial charge in [-0.2, -0.15) is 0 Å². The Balaban J connectivity index is 2.00. The molecule has 0 radical (unpaired) electrons. The molecule has 0 heterocycles. The fourth-order valence-corrected chi connectivity index (χ4v) is 3.03. The molecule has 23 heavy (non-hydrogen) atoms. The molecule has 1 amide bonds. The molecule has 4 nitrogen and oxygen atoms in total. The van der Waals surface area contributed by atoms with Crippen molar-refractivity contribution in [2.45, 2.75) is 58.7 Å². The van der Waals surface area contributed by atoms with Crippen LogP contribution in [0.5, 0.6) is 0 Å². The quantitative estimate of drug-likeness (QED) is 0.775. The zero-order chi connectivity index (χ0) is 17.0. The molecule has 0 saturated heterocycles. The summed E-state index contributed by atoms with van der Waals surface area (Å²) in [6.07, 6.45) is 2.32. The summed E-state index contributed by atoms with van der Waals surface area (Å²) in [5.74, 6) is 0.507. The van der Waals surface area contributed by atoms with Gasteiger partial charge in [0.1, 0.15) is 0 Å². The third-order valence-electron chi connectivity index (χ3n) is 5.04. The number of nitrogens with zero attached hydrogens (tertiary/aromatic N) is 1.